The van der Waals surface area contributed by atoms with E-state index in [1.54, 1.807) is 52.9 Å². The lowest BCUT2D eigenvalue weighted by Crippen LogP contribution is -2.31. The summed E-state index contributed by atoms with van der Waals surface area (Å²) in [5.41, 5.74) is 1.83. The van der Waals surface area contributed by atoms with E-state index in [2.05, 4.69) is 0 Å². The van der Waals surface area contributed by atoms with E-state index in [4.69, 9.17) is 0 Å². The van der Waals surface area contributed by atoms with Crippen molar-refractivity contribution in [2.24, 2.45) is 0 Å². The molecule has 0 aliphatic carbocycles. The molecule has 0 spiro atoms. The van der Waals surface area contributed by atoms with Crippen molar-refractivity contribution in [2.45, 2.75) is 32.7 Å². The summed E-state index contributed by atoms with van der Waals surface area (Å²) < 4.78 is 41.3. The van der Waals surface area contributed by atoms with Gasteiger partial charge in [-0.15, -0.1) is 0 Å². The average molecular weight is 508 g/mol. The minimum atomic E-state index is -4.44. The number of nitro benzene ring substituents is 1. The van der Waals surface area contributed by atoms with Crippen LogP contribution < -0.4 is 0 Å². The van der Waals surface area contributed by atoms with E-state index >= 15 is 0 Å². The van der Waals surface area contributed by atoms with Gasteiger partial charge in [-0.25, -0.2) is 0 Å². The molecule has 4 aromatic rings. The number of benzene rings is 3. The zero-order chi connectivity index (χ0) is 26.6. The Morgan fingerprint density at radius 2 is 1.65 bits per heavy atom. The molecular formula is C28H24F3N3O3. The molecule has 0 saturated heterocycles. The van der Waals surface area contributed by atoms with Crippen molar-refractivity contribution in [3.63, 3.8) is 0 Å². The smallest absolute Gasteiger partial charge is 0.345 e. The molecule has 1 aromatic heterocycles. The van der Waals surface area contributed by atoms with Crippen LogP contribution in [0, 0.1) is 17.0 Å². The number of hydrogen-bond acceptors (Lipinski definition) is 3. The quantitative estimate of drug-likeness (QED) is 0.199. The van der Waals surface area contributed by atoms with E-state index in [-0.39, 0.29) is 30.9 Å². The number of amides is 1. The molecule has 0 unspecified atom stereocenters. The molecule has 190 valence electrons. The fourth-order valence-corrected chi connectivity index (χ4v) is 4.11. The Hall–Kier alpha value is -4.40. The maximum Gasteiger partial charge on any atom is 0.416 e. The zero-order valence-corrected chi connectivity index (χ0v) is 20.0. The number of rotatable bonds is 8. The first kappa shape index (κ1) is 25.7. The van der Waals surface area contributed by atoms with Crippen molar-refractivity contribution in [1.82, 2.24) is 9.47 Å². The SMILES string of the molecule is Cc1ccc(C(=O)N(Cc2ccccc2)Cc2cccn2Cc2cccc(C(F)(F)F)c2)cc1[N+](=O)[O-]. The summed E-state index contributed by atoms with van der Waals surface area (Å²) in [7, 11) is 0. The maximum atomic E-state index is 13.6. The van der Waals surface area contributed by atoms with Crippen LogP contribution in [0.15, 0.2) is 91.1 Å². The fraction of sp³-hybridized carbons (Fsp3) is 0.179. The van der Waals surface area contributed by atoms with E-state index in [0.717, 1.165) is 17.7 Å². The number of carbonyl (C=O) groups excluding carboxylic acids is 1. The Morgan fingerprint density at radius 1 is 0.919 bits per heavy atom. The van der Waals surface area contributed by atoms with Crippen LogP contribution in [0.2, 0.25) is 0 Å². The molecule has 0 bridgehead atoms. The molecule has 1 heterocycles. The van der Waals surface area contributed by atoms with E-state index in [0.29, 0.717) is 16.8 Å². The predicted molar refractivity (Wildman–Crippen MR) is 133 cm³/mol. The molecule has 0 aliphatic rings. The second kappa shape index (κ2) is 10.7. The summed E-state index contributed by atoms with van der Waals surface area (Å²) in [5.74, 6) is -0.390. The van der Waals surface area contributed by atoms with Crippen molar-refractivity contribution >= 4 is 11.6 Å². The lowest BCUT2D eigenvalue weighted by atomic mass is 10.1. The summed E-state index contributed by atoms with van der Waals surface area (Å²) in [5, 5.41) is 11.4. The highest BCUT2D eigenvalue weighted by molar-refractivity contribution is 5.95. The summed E-state index contributed by atoms with van der Waals surface area (Å²) in [6, 6.07) is 22.4. The Kier molecular flexibility index (Phi) is 7.42. The van der Waals surface area contributed by atoms with Crippen molar-refractivity contribution in [3.05, 3.63) is 135 Å². The molecule has 9 heteroatoms. The molecule has 0 aliphatic heterocycles. The third-order valence-corrected chi connectivity index (χ3v) is 6.04. The van der Waals surface area contributed by atoms with Crippen LogP contribution in [-0.4, -0.2) is 20.3 Å². The number of carbonyl (C=O) groups is 1. The third-order valence-electron chi connectivity index (χ3n) is 6.04. The Labute approximate surface area is 211 Å². The Morgan fingerprint density at radius 3 is 2.35 bits per heavy atom. The summed E-state index contributed by atoms with van der Waals surface area (Å²) in [4.78, 5) is 26.0. The molecule has 6 nitrogen and oxygen atoms in total. The fourth-order valence-electron chi connectivity index (χ4n) is 4.11. The van der Waals surface area contributed by atoms with Crippen LogP contribution in [-0.2, 0) is 25.8 Å². The summed E-state index contributed by atoms with van der Waals surface area (Å²) in [6.45, 7) is 2.20. The van der Waals surface area contributed by atoms with Gasteiger partial charge in [0.15, 0.2) is 0 Å². The first-order valence-electron chi connectivity index (χ1n) is 11.5. The Bertz CT molecular complexity index is 1410. The van der Waals surface area contributed by atoms with Gasteiger partial charge in [0, 0.05) is 42.2 Å². The molecule has 3 aromatic carbocycles. The standard InChI is InChI=1S/C28H24F3N3O3/c1-20-12-13-23(16-26(20)34(36)37)27(35)33(17-21-7-3-2-4-8-21)19-25-11-6-14-32(25)18-22-9-5-10-24(15-22)28(29,30)31/h2-16H,17-19H2,1H3. The highest BCUT2D eigenvalue weighted by atomic mass is 19.4. The van der Waals surface area contributed by atoms with Crippen molar-refractivity contribution in [3.8, 4) is 0 Å². The maximum absolute atomic E-state index is 13.6. The van der Waals surface area contributed by atoms with Crippen LogP contribution >= 0.6 is 0 Å². The number of aromatic nitrogens is 1. The number of nitrogens with zero attached hydrogens (tertiary/aromatic N) is 3. The van der Waals surface area contributed by atoms with Crippen molar-refractivity contribution in [1.29, 1.82) is 0 Å². The molecular weight excluding hydrogens is 483 g/mol. The van der Waals surface area contributed by atoms with Gasteiger partial charge >= 0.3 is 6.18 Å². The predicted octanol–water partition coefficient (Wildman–Crippen LogP) is 6.61. The van der Waals surface area contributed by atoms with Crippen LogP contribution in [0.1, 0.15) is 38.3 Å². The normalized spacial score (nSPS) is 11.4. The second-order valence-corrected chi connectivity index (χ2v) is 8.73. The van der Waals surface area contributed by atoms with Crippen LogP contribution in [0.25, 0.3) is 0 Å². The number of nitro groups is 1. The first-order chi connectivity index (χ1) is 17.6. The van der Waals surface area contributed by atoms with Gasteiger partial charge < -0.3 is 9.47 Å². The molecule has 0 N–H and O–H groups in total. The lowest BCUT2D eigenvalue weighted by molar-refractivity contribution is -0.385. The monoisotopic (exact) mass is 507 g/mol. The van der Waals surface area contributed by atoms with Gasteiger partial charge in [-0.2, -0.15) is 13.2 Å². The summed E-state index contributed by atoms with van der Waals surface area (Å²) >= 11 is 0. The molecule has 0 atom stereocenters. The van der Waals surface area contributed by atoms with E-state index in [1.165, 1.54) is 12.1 Å². The van der Waals surface area contributed by atoms with Crippen LogP contribution in [0.4, 0.5) is 18.9 Å². The van der Waals surface area contributed by atoms with Gasteiger partial charge in [0.2, 0.25) is 0 Å². The number of alkyl halides is 3. The van der Waals surface area contributed by atoms with Crippen LogP contribution in [0.5, 0.6) is 0 Å². The summed E-state index contributed by atoms with van der Waals surface area (Å²) in [6.07, 6.45) is -2.69. The Balaban J connectivity index is 1.63. The van der Waals surface area contributed by atoms with Gasteiger partial charge in [0.25, 0.3) is 11.6 Å². The van der Waals surface area contributed by atoms with Crippen LogP contribution in [0.3, 0.4) is 0 Å². The highest BCUT2D eigenvalue weighted by Crippen LogP contribution is 2.30. The van der Waals surface area contributed by atoms with Gasteiger partial charge in [0.05, 0.1) is 17.0 Å². The average Bonchev–Trinajstić information content (AvgIpc) is 3.30. The van der Waals surface area contributed by atoms with Gasteiger partial charge in [-0.3, -0.25) is 14.9 Å². The lowest BCUT2D eigenvalue weighted by Gasteiger charge is -2.24. The van der Waals surface area contributed by atoms with E-state index in [1.807, 2.05) is 30.3 Å². The van der Waals surface area contributed by atoms with Gasteiger partial charge in [-0.05, 0) is 48.4 Å². The highest BCUT2D eigenvalue weighted by Gasteiger charge is 2.30. The number of halogens is 3. The molecule has 4 rings (SSSR count). The van der Waals surface area contributed by atoms with Crippen molar-refractivity contribution in [2.75, 3.05) is 0 Å². The molecule has 1 amide bonds. The minimum Gasteiger partial charge on any atom is -0.345 e. The largest absolute Gasteiger partial charge is 0.416 e. The topological polar surface area (TPSA) is 68.4 Å². The molecule has 0 fully saturated rings. The van der Waals surface area contributed by atoms with Gasteiger partial charge in [-0.1, -0.05) is 48.5 Å². The first-order valence-corrected chi connectivity index (χ1v) is 11.5. The number of hydrogen-bond donors (Lipinski definition) is 0. The molecule has 0 radical (unpaired) electrons. The van der Waals surface area contributed by atoms with Crippen molar-refractivity contribution < 1.29 is 22.9 Å². The van der Waals surface area contributed by atoms with Gasteiger partial charge in [0.1, 0.15) is 0 Å². The second-order valence-electron chi connectivity index (χ2n) is 8.73. The third kappa shape index (κ3) is 6.24. The molecule has 0 saturated carbocycles. The number of aryl methyl sites for hydroxylation is 1. The zero-order valence-electron chi connectivity index (χ0n) is 20.0. The molecule has 37 heavy (non-hydrogen) atoms. The van der Waals surface area contributed by atoms with E-state index < -0.39 is 22.6 Å². The minimum absolute atomic E-state index is 0.140. The van der Waals surface area contributed by atoms with E-state index in [9.17, 15) is 28.1 Å².